The fourth-order valence-corrected chi connectivity index (χ4v) is 5.06. The van der Waals surface area contributed by atoms with Gasteiger partial charge in [-0.1, -0.05) is 28.6 Å². The van der Waals surface area contributed by atoms with Crippen molar-refractivity contribution >= 4 is 44.4 Å². The van der Waals surface area contributed by atoms with Gasteiger partial charge >= 0.3 is 0 Å². The molecule has 4 aromatic heterocycles. The van der Waals surface area contributed by atoms with E-state index in [4.69, 9.17) is 24.5 Å². The van der Waals surface area contributed by atoms with Crippen LogP contribution in [0.1, 0.15) is 22.6 Å². The molecule has 0 radical (unpaired) electrons. The van der Waals surface area contributed by atoms with Crippen LogP contribution in [0.25, 0.3) is 32.0 Å². The van der Waals surface area contributed by atoms with Crippen molar-refractivity contribution < 1.29 is 9.57 Å². The molecule has 35 heavy (non-hydrogen) atoms. The molecule has 0 saturated carbocycles. The smallest absolute Gasteiger partial charge is 0.196 e. The molecule has 0 aliphatic rings. The van der Waals surface area contributed by atoms with Crippen molar-refractivity contribution in [2.45, 2.75) is 20.5 Å². The molecule has 0 fully saturated rings. The molecule has 0 bridgehead atoms. The number of benzene rings is 2. The van der Waals surface area contributed by atoms with Gasteiger partial charge in [0.05, 0.1) is 28.9 Å². The van der Waals surface area contributed by atoms with E-state index in [0.717, 1.165) is 54.6 Å². The Bertz CT molecular complexity index is 1680. The first kappa shape index (κ1) is 21.2. The van der Waals surface area contributed by atoms with Crippen LogP contribution in [0.2, 0.25) is 0 Å². The minimum absolute atomic E-state index is 0.145. The zero-order valence-electron chi connectivity index (χ0n) is 19.3. The van der Waals surface area contributed by atoms with Gasteiger partial charge in [0.25, 0.3) is 0 Å². The quantitative estimate of drug-likeness (QED) is 0.248. The standard InChI is InChI=1S/C25H21N7O2S/c1-15-16(2)32(25-28-19-6-4-5-7-20(19)35-25)23-22(15)24-29-21(30-31(24)14-26-23)13-34-27-12-17-8-10-18(33-3)11-9-17/h4-12,14H,13H2,1-3H3/b27-12+. The number of aryl methyl sites for hydroxylation is 1. The summed E-state index contributed by atoms with van der Waals surface area (Å²) in [6, 6.07) is 15.7. The van der Waals surface area contributed by atoms with Gasteiger partial charge in [-0.25, -0.2) is 19.5 Å². The number of rotatable bonds is 6. The molecule has 0 N–H and O–H groups in total. The fraction of sp³-hybridized carbons (Fsp3) is 0.160. The third-order valence-electron chi connectivity index (χ3n) is 5.94. The summed E-state index contributed by atoms with van der Waals surface area (Å²) in [7, 11) is 1.63. The normalized spacial score (nSPS) is 11.9. The molecule has 10 heteroatoms. The van der Waals surface area contributed by atoms with E-state index in [-0.39, 0.29) is 6.61 Å². The summed E-state index contributed by atoms with van der Waals surface area (Å²) < 4.78 is 10.1. The van der Waals surface area contributed by atoms with Crippen molar-refractivity contribution in [2.24, 2.45) is 5.16 Å². The Labute approximate surface area is 204 Å². The van der Waals surface area contributed by atoms with Crippen LogP contribution >= 0.6 is 11.3 Å². The van der Waals surface area contributed by atoms with Crippen LogP contribution in [0.15, 0.2) is 60.0 Å². The van der Waals surface area contributed by atoms with E-state index >= 15 is 0 Å². The molecule has 0 spiro atoms. The Morgan fingerprint density at radius 2 is 1.86 bits per heavy atom. The molecular weight excluding hydrogens is 462 g/mol. The van der Waals surface area contributed by atoms with Crippen molar-refractivity contribution in [2.75, 3.05) is 7.11 Å². The van der Waals surface area contributed by atoms with E-state index in [1.807, 2.05) is 42.5 Å². The second-order valence-corrected chi connectivity index (χ2v) is 9.04. The zero-order chi connectivity index (χ0) is 23.9. The van der Waals surface area contributed by atoms with Crippen LogP contribution in [0.3, 0.4) is 0 Å². The summed E-state index contributed by atoms with van der Waals surface area (Å²) in [5, 5.41) is 10.4. The van der Waals surface area contributed by atoms with E-state index in [2.05, 4.69) is 34.7 Å². The highest BCUT2D eigenvalue weighted by molar-refractivity contribution is 7.20. The fourth-order valence-electron chi connectivity index (χ4n) is 4.04. The van der Waals surface area contributed by atoms with Crippen molar-refractivity contribution in [3.8, 4) is 10.9 Å². The Balaban J connectivity index is 1.31. The molecule has 6 rings (SSSR count). The minimum atomic E-state index is 0.145. The van der Waals surface area contributed by atoms with Gasteiger partial charge in [0.1, 0.15) is 12.1 Å². The highest BCUT2D eigenvalue weighted by atomic mass is 32.1. The average Bonchev–Trinajstić information content (AvgIpc) is 3.56. The lowest BCUT2D eigenvalue weighted by Crippen LogP contribution is -1.98. The minimum Gasteiger partial charge on any atom is -0.497 e. The molecule has 9 nitrogen and oxygen atoms in total. The van der Waals surface area contributed by atoms with Gasteiger partial charge in [-0.15, -0.1) is 5.10 Å². The van der Waals surface area contributed by atoms with E-state index in [1.54, 1.807) is 35.5 Å². The number of hydrogen-bond acceptors (Lipinski definition) is 8. The molecule has 0 aliphatic heterocycles. The molecule has 4 heterocycles. The zero-order valence-corrected chi connectivity index (χ0v) is 20.2. The molecular formula is C25H21N7O2S. The van der Waals surface area contributed by atoms with E-state index in [9.17, 15) is 0 Å². The Kier molecular flexibility index (Phi) is 5.14. The van der Waals surface area contributed by atoms with Crippen LogP contribution in [0, 0.1) is 13.8 Å². The molecule has 0 saturated heterocycles. The number of ether oxygens (including phenoxy) is 1. The lowest BCUT2D eigenvalue weighted by molar-refractivity contribution is 0.126. The first-order valence-electron chi connectivity index (χ1n) is 11.0. The van der Waals surface area contributed by atoms with E-state index in [0.29, 0.717) is 5.82 Å². The molecule has 0 aliphatic carbocycles. The van der Waals surface area contributed by atoms with Gasteiger partial charge in [0.15, 0.2) is 28.9 Å². The van der Waals surface area contributed by atoms with Crippen molar-refractivity contribution in [3.63, 3.8) is 0 Å². The SMILES string of the molecule is COc1ccc(/C=N/OCc2nc3c4c(C)c(C)n(-c5nc6ccccc6s5)c4ncn3n2)cc1. The largest absolute Gasteiger partial charge is 0.497 e. The Morgan fingerprint density at radius 1 is 1.03 bits per heavy atom. The summed E-state index contributed by atoms with van der Waals surface area (Å²) in [6.07, 6.45) is 3.32. The maximum Gasteiger partial charge on any atom is 0.196 e. The molecule has 0 amide bonds. The number of oxime groups is 1. The Hall–Kier alpha value is -4.31. The second kappa shape index (κ2) is 8.48. The number of para-hydroxylation sites is 1. The topological polar surface area (TPSA) is 91.7 Å². The third-order valence-corrected chi connectivity index (χ3v) is 6.96. The summed E-state index contributed by atoms with van der Waals surface area (Å²) in [5.41, 5.74) is 5.59. The molecule has 2 aromatic carbocycles. The van der Waals surface area contributed by atoms with Gasteiger partial charge in [-0.3, -0.25) is 4.57 Å². The van der Waals surface area contributed by atoms with Crippen LogP contribution < -0.4 is 4.74 Å². The van der Waals surface area contributed by atoms with Gasteiger partial charge in [0.2, 0.25) is 0 Å². The van der Waals surface area contributed by atoms with Crippen molar-refractivity contribution in [1.82, 2.24) is 29.1 Å². The number of aromatic nitrogens is 6. The maximum atomic E-state index is 5.45. The highest BCUT2D eigenvalue weighted by Crippen LogP contribution is 2.33. The lowest BCUT2D eigenvalue weighted by Gasteiger charge is -2.02. The average molecular weight is 484 g/mol. The number of fused-ring (bicyclic) bond motifs is 4. The van der Waals surface area contributed by atoms with E-state index in [1.165, 1.54) is 0 Å². The maximum absolute atomic E-state index is 5.45. The van der Waals surface area contributed by atoms with E-state index < -0.39 is 0 Å². The first-order chi connectivity index (χ1) is 17.1. The highest BCUT2D eigenvalue weighted by Gasteiger charge is 2.20. The summed E-state index contributed by atoms with van der Waals surface area (Å²) >= 11 is 1.64. The first-order valence-corrected chi connectivity index (χ1v) is 11.8. The number of hydrogen-bond donors (Lipinski definition) is 0. The second-order valence-electron chi connectivity index (χ2n) is 8.03. The van der Waals surface area contributed by atoms with Crippen LogP contribution in [-0.2, 0) is 11.4 Å². The van der Waals surface area contributed by atoms with Gasteiger partial charge in [-0.05, 0) is 61.4 Å². The number of methoxy groups -OCH3 is 1. The van der Waals surface area contributed by atoms with Crippen molar-refractivity contribution in [3.05, 3.63) is 77.5 Å². The van der Waals surface area contributed by atoms with Gasteiger partial charge in [0, 0.05) is 5.69 Å². The molecule has 0 unspecified atom stereocenters. The summed E-state index contributed by atoms with van der Waals surface area (Å²) in [4.78, 5) is 19.7. The predicted octanol–water partition coefficient (Wildman–Crippen LogP) is 4.85. The van der Waals surface area contributed by atoms with Gasteiger partial charge in [-0.2, -0.15) is 0 Å². The molecule has 6 aromatic rings. The van der Waals surface area contributed by atoms with Crippen LogP contribution in [0.4, 0.5) is 0 Å². The Morgan fingerprint density at radius 3 is 2.66 bits per heavy atom. The number of thiazole rings is 1. The molecule has 0 atom stereocenters. The molecule has 174 valence electrons. The van der Waals surface area contributed by atoms with Crippen molar-refractivity contribution in [1.29, 1.82) is 0 Å². The monoisotopic (exact) mass is 483 g/mol. The summed E-state index contributed by atoms with van der Waals surface area (Å²) in [5.74, 6) is 1.32. The predicted molar refractivity (Wildman–Crippen MR) is 136 cm³/mol. The lowest BCUT2D eigenvalue weighted by atomic mass is 10.2. The third kappa shape index (κ3) is 3.68. The van der Waals surface area contributed by atoms with Gasteiger partial charge < -0.3 is 9.57 Å². The van der Waals surface area contributed by atoms with Crippen LogP contribution in [0.5, 0.6) is 5.75 Å². The number of nitrogens with zero attached hydrogens (tertiary/aromatic N) is 7. The van der Waals surface area contributed by atoms with Crippen LogP contribution in [-0.4, -0.2) is 42.5 Å². The summed E-state index contributed by atoms with van der Waals surface area (Å²) in [6.45, 7) is 4.30.